The molecule has 0 spiro atoms. The van der Waals surface area contributed by atoms with E-state index in [2.05, 4.69) is 5.10 Å². The molecule has 0 saturated heterocycles. The Balaban J connectivity index is 2.71. The summed E-state index contributed by atoms with van der Waals surface area (Å²) in [5, 5.41) is 12.9. The monoisotopic (exact) mass is 282 g/mol. The highest BCUT2D eigenvalue weighted by Gasteiger charge is 2.17. The highest BCUT2D eigenvalue weighted by molar-refractivity contribution is 5.94. The first kappa shape index (κ1) is 13.6. The van der Waals surface area contributed by atoms with Crippen molar-refractivity contribution in [3.63, 3.8) is 0 Å². The molecule has 0 aliphatic rings. The van der Waals surface area contributed by atoms with Gasteiger partial charge >= 0.3 is 0 Å². The Hall–Kier alpha value is -2.81. The molecule has 104 valence electrons. The van der Waals surface area contributed by atoms with Crippen LogP contribution in [0.4, 0.5) is 8.78 Å². The van der Waals surface area contributed by atoms with Crippen LogP contribution in [0.25, 0.3) is 5.69 Å². The van der Waals surface area contributed by atoms with Crippen molar-refractivity contribution in [2.24, 2.45) is 5.84 Å². The van der Waals surface area contributed by atoms with E-state index in [9.17, 15) is 23.5 Å². The van der Waals surface area contributed by atoms with Crippen molar-refractivity contribution in [2.45, 2.75) is 0 Å². The number of halogens is 2. The fourth-order valence-electron chi connectivity index (χ4n) is 1.50. The van der Waals surface area contributed by atoms with Gasteiger partial charge in [0.1, 0.15) is 17.3 Å². The number of nitrogens with zero attached hydrogens (tertiary/aromatic N) is 2. The molecule has 0 radical (unpaired) electrons. The van der Waals surface area contributed by atoms with Crippen molar-refractivity contribution in [3.8, 4) is 11.4 Å². The summed E-state index contributed by atoms with van der Waals surface area (Å²) in [6.45, 7) is 0. The van der Waals surface area contributed by atoms with Gasteiger partial charge in [-0.2, -0.15) is 9.78 Å². The average molecular weight is 282 g/mol. The van der Waals surface area contributed by atoms with E-state index in [-0.39, 0.29) is 0 Å². The molecule has 0 aliphatic carbocycles. The predicted octanol–water partition coefficient (Wildman–Crippen LogP) is -0.180. The maximum Gasteiger partial charge on any atom is 0.289 e. The van der Waals surface area contributed by atoms with Gasteiger partial charge in [-0.3, -0.25) is 15.0 Å². The zero-order valence-corrected chi connectivity index (χ0v) is 9.80. The minimum absolute atomic E-state index is 0.447. The Kier molecular flexibility index (Phi) is 3.44. The lowest BCUT2D eigenvalue weighted by molar-refractivity contribution is 0.0943. The Morgan fingerprint density at radius 1 is 1.35 bits per heavy atom. The van der Waals surface area contributed by atoms with Crippen molar-refractivity contribution in [1.82, 2.24) is 15.2 Å². The van der Waals surface area contributed by atoms with Crippen LogP contribution < -0.4 is 16.8 Å². The van der Waals surface area contributed by atoms with Crippen LogP contribution in [0.1, 0.15) is 10.5 Å². The van der Waals surface area contributed by atoms with Crippen molar-refractivity contribution in [1.29, 1.82) is 0 Å². The molecule has 4 N–H and O–H groups in total. The first-order valence-corrected chi connectivity index (χ1v) is 5.23. The molecule has 9 heteroatoms. The van der Waals surface area contributed by atoms with Crippen molar-refractivity contribution in [3.05, 3.63) is 51.9 Å². The Morgan fingerprint density at radius 3 is 2.70 bits per heavy atom. The number of aromatic hydroxyl groups is 1. The number of carbonyl (C=O) groups excluding carboxylic acids is 1. The summed E-state index contributed by atoms with van der Waals surface area (Å²) in [6.07, 6.45) is 0. The smallest absolute Gasteiger partial charge is 0.289 e. The van der Waals surface area contributed by atoms with E-state index in [1.165, 1.54) is 0 Å². The third-order valence-electron chi connectivity index (χ3n) is 2.39. The predicted molar refractivity (Wildman–Crippen MR) is 63.1 cm³/mol. The van der Waals surface area contributed by atoms with Gasteiger partial charge < -0.3 is 5.11 Å². The first-order chi connectivity index (χ1) is 9.43. The zero-order valence-electron chi connectivity index (χ0n) is 9.80. The first-order valence-electron chi connectivity index (χ1n) is 5.23. The fraction of sp³-hybridized carbons (Fsp3) is 0. The van der Waals surface area contributed by atoms with Crippen LogP contribution in [0.15, 0.2) is 29.1 Å². The average Bonchev–Trinajstić information content (AvgIpc) is 2.41. The van der Waals surface area contributed by atoms with E-state index < -0.39 is 40.2 Å². The highest BCUT2D eigenvalue weighted by atomic mass is 19.1. The molecular formula is C11H8F2N4O3. The summed E-state index contributed by atoms with van der Waals surface area (Å²) in [6, 6.07) is 3.03. The third-order valence-corrected chi connectivity index (χ3v) is 2.39. The normalized spacial score (nSPS) is 10.3. The van der Waals surface area contributed by atoms with Gasteiger partial charge in [-0.1, -0.05) is 0 Å². The molecule has 1 heterocycles. The number of hydrazine groups is 1. The van der Waals surface area contributed by atoms with Crippen LogP contribution in [0.3, 0.4) is 0 Å². The Morgan fingerprint density at radius 2 is 2.05 bits per heavy atom. The van der Waals surface area contributed by atoms with Gasteiger partial charge in [0.15, 0.2) is 11.4 Å². The number of amides is 1. The number of rotatable bonds is 2. The molecule has 0 unspecified atom stereocenters. The van der Waals surface area contributed by atoms with Gasteiger partial charge in [0.25, 0.3) is 11.5 Å². The van der Waals surface area contributed by atoms with E-state index in [1.807, 2.05) is 0 Å². The van der Waals surface area contributed by atoms with E-state index in [0.717, 1.165) is 18.2 Å². The molecule has 0 atom stereocenters. The van der Waals surface area contributed by atoms with Gasteiger partial charge in [0, 0.05) is 12.1 Å². The molecule has 20 heavy (non-hydrogen) atoms. The SMILES string of the molecule is NNC(=O)c1nn(-c2cc(F)ccc2F)c(=O)cc1O. The number of aromatic nitrogens is 2. The Labute approximate surface area is 110 Å². The summed E-state index contributed by atoms with van der Waals surface area (Å²) >= 11 is 0. The minimum atomic E-state index is -0.993. The fourth-order valence-corrected chi connectivity index (χ4v) is 1.50. The van der Waals surface area contributed by atoms with Crippen LogP contribution in [-0.2, 0) is 0 Å². The second-order valence-electron chi connectivity index (χ2n) is 3.70. The van der Waals surface area contributed by atoms with Gasteiger partial charge in [-0.25, -0.2) is 14.6 Å². The summed E-state index contributed by atoms with van der Waals surface area (Å²) in [5.74, 6) is 1.44. The molecule has 2 aromatic rings. The van der Waals surface area contributed by atoms with Crippen LogP contribution in [0, 0.1) is 11.6 Å². The quantitative estimate of drug-likeness (QED) is 0.402. The molecule has 1 aromatic heterocycles. The molecule has 0 aliphatic heterocycles. The van der Waals surface area contributed by atoms with Crippen LogP contribution in [0.2, 0.25) is 0 Å². The number of nitrogen functional groups attached to an aromatic ring is 1. The van der Waals surface area contributed by atoms with E-state index >= 15 is 0 Å². The molecule has 7 nitrogen and oxygen atoms in total. The van der Waals surface area contributed by atoms with Gasteiger partial charge in [0.2, 0.25) is 0 Å². The van der Waals surface area contributed by atoms with Crippen molar-refractivity contribution < 1.29 is 18.7 Å². The van der Waals surface area contributed by atoms with Gasteiger partial charge in [-0.05, 0) is 12.1 Å². The van der Waals surface area contributed by atoms with E-state index in [0.29, 0.717) is 10.7 Å². The standard InChI is InChI=1S/C11H8F2N4O3/c12-5-1-2-6(13)7(3-5)17-9(19)4-8(18)10(16-17)11(20)15-14/h1-4,18H,14H2,(H,15,20). The molecule has 2 rings (SSSR count). The molecule has 0 fully saturated rings. The molecule has 0 bridgehead atoms. The molecule has 1 amide bonds. The van der Waals surface area contributed by atoms with Crippen molar-refractivity contribution >= 4 is 5.91 Å². The summed E-state index contributed by atoms with van der Waals surface area (Å²) < 4.78 is 27.2. The maximum absolute atomic E-state index is 13.6. The van der Waals surface area contributed by atoms with E-state index in [1.54, 1.807) is 5.43 Å². The number of hydrogen-bond donors (Lipinski definition) is 3. The number of nitrogens with two attached hydrogens (primary N) is 1. The van der Waals surface area contributed by atoms with Crippen molar-refractivity contribution in [2.75, 3.05) is 0 Å². The third kappa shape index (κ3) is 2.34. The number of hydrogen-bond acceptors (Lipinski definition) is 5. The second kappa shape index (κ2) is 5.05. The summed E-state index contributed by atoms with van der Waals surface area (Å²) in [7, 11) is 0. The molecule has 0 saturated carbocycles. The van der Waals surface area contributed by atoms with Crippen LogP contribution in [-0.4, -0.2) is 20.8 Å². The zero-order chi connectivity index (χ0) is 14.9. The van der Waals surface area contributed by atoms with Gasteiger partial charge in [0.05, 0.1) is 0 Å². The lowest BCUT2D eigenvalue weighted by Gasteiger charge is -2.08. The highest BCUT2D eigenvalue weighted by Crippen LogP contribution is 2.15. The maximum atomic E-state index is 13.6. The summed E-state index contributed by atoms with van der Waals surface area (Å²) in [5.41, 5.74) is -0.342. The lowest BCUT2D eigenvalue weighted by atomic mass is 10.3. The molecular weight excluding hydrogens is 274 g/mol. The summed E-state index contributed by atoms with van der Waals surface area (Å²) in [4.78, 5) is 23.0. The number of carbonyl (C=O) groups is 1. The number of benzene rings is 1. The lowest BCUT2D eigenvalue weighted by Crippen LogP contribution is -2.33. The number of nitrogens with one attached hydrogen (secondary N) is 1. The van der Waals surface area contributed by atoms with Crippen LogP contribution >= 0.6 is 0 Å². The minimum Gasteiger partial charge on any atom is -0.505 e. The molecule has 1 aromatic carbocycles. The topological polar surface area (TPSA) is 110 Å². The van der Waals surface area contributed by atoms with Gasteiger partial charge in [-0.15, -0.1) is 0 Å². The van der Waals surface area contributed by atoms with E-state index in [4.69, 9.17) is 5.84 Å². The largest absolute Gasteiger partial charge is 0.505 e. The Bertz CT molecular complexity index is 745. The van der Waals surface area contributed by atoms with Crippen LogP contribution in [0.5, 0.6) is 5.75 Å². The second-order valence-corrected chi connectivity index (χ2v) is 3.70.